The number of allylic oxidation sites excluding steroid dienone is 1. The second-order valence-electron chi connectivity index (χ2n) is 5.99. The highest BCUT2D eigenvalue weighted by Gasteiger charge is 2.28. The third-order valence-electron chi connectivity index (χ3n) is 4.34. The normalized spacial score (nSPS) is 14.1. The van der Waals surface area contributed by atoms with E-state index >= 15 is 0 Å². The third-order valence-corrected chi connectivity index (χ3v) is 4.34. The van der Waals surface area contributed by atoms with E-state index in [4.69, 9.17) is 9.47 Å². The van der Waals surface area contributed by atoms with E-state index in [0.29, 0.717) is 30.2 Å². The average Bonchev–Trinajstić information content (AvgIpc) is 2.93. The van der Waals surface area contributed by atoms with Crippen LogP contribution in [0.5, 0.6) is 11.5 Å². The molecule has 5 nitrogen and oxygen atoms in total. The highest BCUT2D eigenvalue weighted by atomic mass is 16.6. The first-order valence-electron chi connectivity index (χ1n) is 8.64. The molecule has 1 heterocycles. The molecule has 134 valence electrons. The zero-order chi connectivity index (χ0) is 18.7. The summed E-state index contributed by atoms with van der Waals surface area (Å²) in [5.41, 5.74) is 2.45. The molecule has 0 N–H and O–H groups in total. The maximum absolute atomic E-state index is 12.5. The molecular weight excluding hydrogens is 330 g/mol. The number of Topliss-reactive ketones (excluding diaryl/α,β-unsaturated/α-hetero) is 1. The molecule has 0 aliphatic carbocycles. The molecule has 0 aromatic heterocycles. The average molecular weight is 351 g/mol. The molecule has 1 aliphatic heterocycles. The summed E-state index contributed by atoms with van der Waals surface area (Å²) < 4.78 is 11.1. The second-order valence-corrected chi connectivity index (χ2v) is 5.99. The number of carbonyl (C=O) groups is 2. The quantitative estimate of drug-likeness (QED) is 0.764. The Morgan fingerprint density at radius 2 is 1.88 bits per heavy atom. The maximum atomic E-state index is 12.5. The van der Waals surface area contributed by atoms with Gasteiger partial charge in [0.05, 0.1) is 5.56 Å². The van der Waals surface area contributed by atoms with Crippen LogP contribution in [0.25, 0.3) is 6.08 Å². The Labute approximate surface area is 152 Å². The molecule has 0 unspecified atom stereocenters. The minimum absolute atomic E-state index is 0.176. The minimum Gasteiger partial charge on any atom is -0.452 e. The standard InChI is InChI=1S/C21H21NO4/c1-4-22(5-2)21(24)25-16-10-11-17-18(13-16)26-19(20(17)23)12-15-9-7-6-8-14(15)3/h6-13H,4-5H2,1-3H3. The van der Waals surface area contributed by atoms with Crippen molar-refractivity contribution in [1.29, 1.82) is 0 Å². The minimum atomic E-state index is -0.421. The van der Waals surface area contributed by atoms with Gasteiger partial charge in [-0.25, -0.2) is 4.79 Å². The van der Waals surface area contributed by atoms with Gasteiger partial charge in [-0.3, -0.25) is 4.79 Å². The van der Waals surface area contributed by atoms with Gasteiger partial charge >= 0.3 is 6.09 Å². The van der Waals surface area contributed by atoms with Gasteiger partial charge in [0.2, 0.25) is 5.78 Å². The molecule has 0 saturated heterocycles. The molecule has 1 amide bonds. The van der Waals surface area contributed by atoms with Crippen LogP contribution in [0.2, 0.25) is 0 Å². The summed E-state index contributed by atoms with van der Waals surface area (Å²) in [6.45, 7) is 6.89. The second kappa shape index (κ2) is 7.44. The third kappa shape index (κ3) is 3.47. The molecule has 0 spiro atoms. The number of fused-ring (bicyclic) bond motifs is 1. The lowest BCUT2D eigenvalue weighted by Gasteiger charge is -2.17. The van der Waals surface area contributed by atoms with Crippen molar-refractivity contribution in [3.05, 3.63) is 64.9 Å². The van der Waals surface area contributed by atoms with Crippen LogP contribution >= 0.6 is 0 Å². The lowest BCUT2D eigenvalue weighted by atomic mass is 10.1. The number of hydrogen-bond donors (Lipinski definition) is 0. The van der Waals surface area contributed by atoms with E-state index in [1.54, 1.807) is 29.2 Å². The summed E-state index contributed by atoms with van der Waals surface area (Å²) in [7, 11) is 0. The van der Waals surface area contributed by atoms with Crippen molar-refractivity contribution in [2.75, 3.05) is 13.1 Å². The largest absolute Gasteiger partial charge is 0.452 e. The predicted octanol–water partition coefficient (Wildman–Crippen LogP) is 4.45. The molecule has 5 heteroatoms. The lowest BCUT2D eigenvalue weighted by Crippen LogP contribution is -2.33. The van der Waals surface area contributed by atoms with Crippen LogP contribution in [0.4, 0.5) is 4.79 Å². The number of carbonyl (C=O) groups excluding carboxylic acids is 2. The van der Waals surface area contributed by atoms with Crippen LogP contribution in [0.15, 0.2) is 48.2 Å². The van der Waals surface area contributed by atoms with Crippen molar-refractivity contribution in [3.8, 4) is 11.5 Å². The summed E-state index contributed by atoms with van der Waals surface area (Å²) >= 11 is 0. The van der Waals surface area contributed by atoms with Crippen LogP contribution in [-0.4, -0.2) is 29.9 Å². The van der Waals surface area contributed by atoms with E-state index in [1.807, 2.05) is 45.0 Å². The van der Waals surface area contributed by atoms with E-state index in [0.717, 1.165) is 11.1 Å². The number of ketones is 1. The summed E-state index contributed by atoms with van der Waals surface area (Å²) in [5.74, 6) is 0.844. The van der Waals surface area contributed by atoms with Crippen molar-refractivity contribution in [2.24, 2.45) is 0 Å². The number of ether oxygens (including phenoxy) is 2. The Bertz CT molecular complexity index is 881. The molecule has 1 aliphatic rings. The Kier molecular flexibility index (Phi) is 5.07. The zero-order valence-electron chi connectivity index (χ0n) is 15.1. The van der Waals surface area contributed by atoms with Crippen molar-refractivity contribution >= 4 is 18.0 Å². The number of amides is 1. The topological polar surface area (TPSA) is 55.8 Å². The van der Waals surface area contributed by atoms with Crippen LogP contribution in [-0.2, 0) is 0 Å². The van der Waals surface area contributed by atoms with Crippen molar-refractivity contribution in [1.82, 2.24) is 4.90 Å². The summed E-state index contributed by atoms with van der Waals surface area (Å²) in [6.07, 6.45) is 1.31. The fourth-order valence-electron chi connectivity index (χ4n) is 2.77. The molecule has 2 aromatic rings. The van der Waals surface area contributed by atoms with Gasteiger partial charge in [-0.1, -0.05) is 24.3 Å². The van der Waals surface area contributed by atoms with Crippen molar-refractivity contribution in [3.63, 3.8) is 0 Å². The molecular formula is C21H21NO4. The van der Waals surface area contributed by atoms with E-state index < -0.39 is 6.09 Å². The van der Waals surface area contributed by atoms with Gasteiger partial charge < -0.3 is 14.4 Å². The molecule has 0 fully saturated rings. The number of rotatable bonds is 4. The van der Waals surface area contributed by atoms with Crippen LogP contribution < -0.4 is 9.47 Å². The first-order chi connectivity index (χ1) is 12.5. The molecule has 0 bridgehead atoms. The SMILES string of the molecule is CCN(CC)C(=O)Oc1ccc2c(c1)OC(=Cc1ccccc1C)C2=O. The maximum Gasteiger partial charge on any atom is 0.415 e. The van der Waals surface area contributed by atoms with Crippen molar-refractivity contribution < 1.29 is 19.1 Å². The summed E-state index contributed by atoms with van der Waals surface area (Å²) in [5, 5.41) is 0. The Hall–Kier alpha value is -3.08. The van der Waals surface area contributed by atoms with Gasteiger partial charge in [0.1, 0.15) is 11.5 Å². The Balaban J connectivity index is 1.82. The van der Waals surface area contributed by atoms with Gasteiger partial charge in [-0.2, -0.15) is 0 Å². The van der Waals surface area contributed by atoms with Crippen LogP contribution in [0.3, 0.4) is 0 Å². The first-order valence-corrected chi connectivity index (χ1v) is 8.64. The van der Waals surface area contributed by atoms with Crippen LogP contribution in [0, 0.1) is 6.92 Å². The predicted molar refractivity (Wildman–Crippen MR) is 99.5 cm³/mol. The first kappa shape index (κ1) is 17.7. The van der Waals surface area contributed by atoms with E-state index in [9.17, 15) is 9.59 Å². The highest BCUT2D eigenvalue weighted by Crippen LogP contribution is 2.35. The molecule has 0 radical (unpaired) electrons. The van der Waals surface area contributed by atoms with Crippen LogP contribution in [0.1, 0.15) is 35.3 Å². The van der Waals surface area contributed by atoms with E-state index in [1.165, 1.54) is 0 Å². The van der Waals surface area contributed by atoms with Gasteiger partial charge in [-0.15, -0.1) is 0 Å². The fraction of sp³-hybridized carbons (Fsp3) is 0.238. The summed E-state index contributed by atoms with van der Waals surface area (Å²) in [6, 6.07) is 12.6. The smallest absolute Gasteiger partial charge is 0.415 e. The Morgan fingerprint density at radius 3 is 2.58 bits per heavy atom. The molecule has 2 aromatic carbocycles. The van der Waals surface area contributed by atoms with Gasteiger partial charge in [0.25, 0.3) is 0 Å². The number of benzene rings is 2. The van der Waals surface area contributed by atoms with E-state index in [-0.39, 0.29) is 11.5 Å². The van der Waals surface area contributed by atoms with Gasteiger partial charge in [-0.05, 0) is 50.1 Å². The summed E-state index contributed by atoms with van der Waals surface area (Å²) in [4.78, 5) is 26.2. The van der Waals surface area contributed by atoms with Gasteiger partial charge in [0, 0.05) is 19.2 Å². The number of hydrogen-bond acceptors (Lipinski definition) is 4. The highest BCUT2D eigenvalue weighted by molar-refractivity contribution is 6.14. The Morgan fingerprint density at radius 1 is 1.15 bits per heavy atom. The number of nitrogens with zero attached hydrogens (tertiary/aromatic N) is 1. The van der Waals surface area contributed by atoms with E-state index in [2.05, 4.69) is 0 Å². The van der Waals surface area contributed by atoms with Gasteiger partial charge in [0.15, 0.2) is 5.76 Å². The lowest BCUT2D eigenvalue weighted by molar-refractivity contribution is 0.101. The fourth-order valence-corrected chi connectivity index (χ4v) is 2.77. The molecule has 0 atom stereocenters. The zero-order valence-corrected chi connectivity index (χ0v) is 15.1. The van der Waals surface area contributed by atoms with Crippen molar-refractivity contribution in [2.45, 2.75) is 20.8 Å². The monoisotopic (exact) mass is 351 g/mol. The molecule has 26 heavy (non-hydrogen) atoms. The number of aryl methyl sites for hydroxylation is 1. The molecule has 0 saturated carbocycles. The molecule has 3 rings (SSSR count).